The topological polar surface area (TPSA) is 54.7 Å². The molecule has 0 aliphatic heterocycles. The van der Waals surface area contributed by atoms with Crippen molar-refractivity contribution < 1.29 is 0 Å². The molecule has 0 bridgehead atoms. The number of hydrogen-bond donors (Lipinski definition) is 2. The van der Waals surface area contributed by atoms with Crippen LogP contribution in [-0.4, -0.2) is 10.2 Å². The average Bonchev–Trinajstić information content (AvgIpc) is 2.47. The fraction of sp³-hybridized carbons (Fsp3) is 0.667. The Labute approximate surface area is 72.4 Å². The molecule has 0 unspecified atom stereocenters. The Bertz CT molecular complexity index is 275. The van der Waals surface area contributed by atoms with Gasteiger partial charge in [-0.2, -0.15) is 5.10 Å². The van der Waals surface area contributed by atoms with Gasteiger partial charge in [-0.3, -0.25) is 5.10 Å². The van der Waals surface area contributed by atoms with Crippen LogP contribution in [0.2, 0.25) is 0 Å². The summed E-state index contributed by atoms with van der Waals surface area (Å²) in [6, 6.07) is 0.0723. The van der Waals surface area contributed by atoms with Crippen LogP contribution in [-0.2, 0) is 12.8 Å². The maximum absolute atomic E-state index is 5.80. The van der Waals surface area contributed by atoms with Crippen molar-refractivity contribution in [2.24, 2.45) is 5.73 Å². The van der Waals surface area contributed by atoms with E-state index in [-0.39, 0.29) is 6.04 Å². The monoisotopic (exact) mass is 165 g/mol. The molecule has 1 aliphatic carbocycles. The van der Waals surface area contributed by atoms with E-state index in [0.717, 1.165) is 18.5 Å². The average molecular weight is 165 g/mol. The van der Waals surface area contributed by atoms with E-state index >= 15 is 0 Å². The van der Waals surface area contributed by atoms with Crippen molar-refractivity contribution in [1.29, 1.82) is 0 Å². The van der Waals surface area contributed by atoms with Gasteiger partial charge in [0, 0.05) is 11.7 Å². The molecule has 3 heteroatoms. The molecule has 0 saturated heterocycles. The highest BCUT2D eigenvalue weighted by atomic mass is 15.1. The highest BCUT2D eigenvalue weighted by Crippen LogP contribution is 2.24. The Kier molecular flexibility index (Phi) is 1.89. The van der Waals surface area contributed by atoms with Gasteiger partial charge in [-0.05, 0) is 38.2 Å². The summed E-state index contributed by atoms with van der Waals surface area (Å²) in [5.74, 6) is 0. The quantitative estimate of drug-likeness (QED) is 0.659. The van der Waals surface area contributed by atoms with E-state index in [9.17, 15) is 0 Å². The third kappa shape index (κ3) is 1.14. The highest BCUT2D eigenvalue weighted by Gasteiger charge is 2.18. The zero-order chi connectivity index (χ0) is 8.55. The third-order valence-corrected chi connectivity index (χ3v) is 2.52. The number of H-pyrrole nitrogens is 1. The molecule has 66 valence electrons. The standard InChI is InChI=1S/C9H15N3/c1-6(10)9-7-4-2-3-5-8(7)11-12-9/h6H,2-5,10H2,1H3,(H,11,12)/t6-/m1/s1. The molecular weight excluding hydrogens is 150 g/mol. The van der Waals surface area contributed by atoms with Crippen LogP contribution in [0.25, 0.3) is 0 Å². The van der Waals surface area contributed by atoms with Gasteiger partial charge in [-0.1, -0.05) is 0 Å². The zero-order valence-electron chi connectivity index (χ0n) is 7.43. The van der Waals surface area contributed by atoms with Crippen LogP contribution in [0, 0.1) is 0 Å². The lowest BCUT2D eigenvalue weighted by molar-refractivity contribution is 0.666. The normalized spacial score (nSPS) is 18.8. The molecule has 12 heavy (non-hydrogen) atoms. The van der Waals surface area contributed by atoms with Crippen molar-refractivity contribution >= 4 is 0 Å². The summed E-state index contributed by atoms with van der Waals surface area (Å²) < 4.78 is 0. The van der Waals surface area contributed by atoms with Gasteiger partial charge >= 0.3 is 0 Å². The van der Waals surface area contributed by atoms with Crippen molar-refractivity contribution in [2.75, 3.05) is 0 Å². The fourth-order valence-corrected chi connectivity index (χ4v) is 1.88. The minimum Gasteiger partial charge on any atom is -0.323 e. The maximum atomic E-state index is 5.80. The first-order chi connectivity index (χ1) is 5.79. The number of fused-ring (bicyclic) bond motifs is 1. The van der Waals surface area contributed by atoms with Gasteiger partial charge in [0.1, 0.15) is 0 Å². The molecule has 0 amide bonds. The van der Waals surface area contributed by atoms with E-state index in [1.807, 2.05) is 6.92 Å². The van der Waals surface area contributed by atoms with Gasteiger partial charge in [0.15, 0.2) is 0 Å². The summed E-state index contributed by atoms with van der Waals surface area (Å²) in [5.41, 5.74) is 9.57. The lowest BCUT2D eigenvalue weighted by Crippen LogP contribution is -2.10. The van der Waals surface area contributed by atoms with Crippen LogP contribution in [0.4, 0.5) is 0 Å². The molecule has 0 saturated carbocycles. The van der Waals surface area contributed by atoms with Crippen LogP contribution in [0.5, 0.6) is 0 Å². The molecule has 0 spiro atoms. The Hall–Kier alpha value is -0.830. The molecule has 0 radical (unpaired) electrons. The molecule has 1 aromatic rings. The SMILES string of the molecule is C[C@@H](N)c1n[nH]c2c1CCCC2. The fourth-order valence-electron chi connectivity index (χ4n) is 1.88. The molecule has 1 atom stereocenters. The smallest absolute Gasteiger partial charge is 0.0821 e. The number of nitrogens with two attached hydrogens (primary N) is 1. The summed E-state index contributed by atoms with van der Waals surface area (Å²) in [6.45, 7) is 1.99. The summed E-state index contributed by atoms with van der Waals surface area (Å²) >= 11 is 0. The van der Waals surface area contributed by atoms with Crippen LogP contribution >= 0.6 is 0 Å². The van der Waals surface area contributed by atoms with Crippen LogP contribution in [0.3, 0.4) is 0 Å². The molecule has 1 heterocycles. The molecular formula is C9H15N3. The predicted octanol–water partition coefficient (Wildman–Crippen LogP) is 1.31. The Morgan fingerprint density at radius 2 is 2.17 bits per heavy atom. The second-order valence-electron chi connectivity index (χ2n) is 3.56. The van der Waals surface area contributed by atoms with Gasteiger partial charge in [0.2, 0.25) is 0 Å². The van der Waals surface area contributed by atoms with Crippen LogP contribution in [0.15, 0.2) is 0 Å². The zero-order valence-corrected chi connectivity index (χ0v) is 7.43. The number of aromatic amines is 1. The van der Waals surface area contributed by atoms with Gasteiger partial charge in [-0.15, -0.1) is 0 Å². The first-order valence-electron chi connectivity index (χ1n) is 4.60. The minimum atomic E-state index is 0.0723. The van der Waals surface area contributed by atoms with Crippen molar-refractivity contribution in [1.82, 2.24) is 10.2 Å². The van der Waals surface area contributed by atoms with E-state index in [1.165, 1.54) is 24.1 Å². The predicted molar refractivity (Wildman–Crippen MR) is 47.8 cm³/mol. The number of nitrogens with zero attached hydrogens (tertiary/aromatic N) is 1. The number of aromatic nitrogens is 2. The van der Waals surface area contributed by atoms with Crippen molar-refractivity contribution in [3.63, 3.8) is 0 Å². The van der Waals surface area contributed by atoms with E-state index in [1.54, 1.807) is 0 Å². The first kappa shape index (κ1) is 7.80. The van der Waals surface area contributed by atoms with Gasteiger partial charge < -0.3 is 5.73 Å². The molecule has 3 nitrogen and oxygen atoms in total. The first-order valence-corrected chi connectivity index (χ1v) is 4.60. The van der Waals surface area contributed by atoms with Crippen molar-refractivity contribution in [3.8, 4) is 0 Å². The third-order valence-electron chi connectivity index (χ3n) is 2.52. The Morgan fingerprint density at radius 3 is 2.92 bits per heavy atom. The molecule has 2 rings (SSSR count). The van der Waals surface area contributed by atoms with Gasteiger partial charge in [-0.25, -0.2) is 0 Å². The largest absolute Gasteiger partial charge is 0.323 e. The number of aryl methyl sites for hydroxylation is 1. The molecule has 0 fully saturated rings. The number of nitrogens with one attached hydrogen (secondary N) is 1. The van der Waals surface area contributed by atoms with Crippen molar-refractivity contribution in [3.05, 3.63) is 17.0 Å². The summed E-state index contributed by atoms with van der Waals surface area (Å²) in [7, 11) is 0. The lowest BCUT2D eigenvalue weighted by atomic mass is 9.94. The van der Waals surface area contributed by atoms with E-state index < -0.39 is 0 Å². The Balaban J connectivity index is 2.38. The lowest BCUT2D eigenvalue weighted by Gasteiger charge is -2.12. The molecule has 1 aliphatic rings. The molecule has 1 aromatic heterocycles. The number of rotatable bonds is 1. The van der Waals surface area contributed by atoms with Gasteiger partial charge in [0.05, 0.1) is 5.69 Å². The van der Waals surface area contributed by atoms with E-state index in [2.05, 4.69) is 10.2 Å². The molecule has 0 aromatic carbocycles. The van der Waals surface area contributed by atoms with Gasteiger partial charge in [0.25, 0.3) is 0 Å². The second kappa shape index (κ2) is 2.90. The maximum Gasteiger partial charge on any atom is 0.0821 e. The number of hydrogen-bond acceptors (Lipinski definition) is 2. The van der Waals surface area contributed by atoms with Crippen molar-refractivity contribution in [2.45, 2.75) is 38.6 Å². The Morgan fingerprint density at radius 1 is 1.42 bits per heavy atom. The van der Waals surface area contributed by atoms with E-state index in [0.29, 0.717) is 0 Å². The summed E-state index contributed by atoms with van der Waals surface area (Å²) in [4.78, 5) is 0. The van der Waals surface area contributed by atoms with Crippen LogP contribution < -0.4 is 5.73 Å². The highest BCUT2D eigenvalue weighted by molar-refractivity contribution is 5.29. The minimum absolute atomic E-state index is 0.0723. The summed E-state index contributed by atoms with van der Waals surface area (Å²) in [6.07, 6.45) is 4.87. The van der Waals surface area contributed by atoms with Crippen LogP contribution in [0.1, 0.15) is 42.8 Å². The van der Waals surface area contributed by atoms with E-state index in [4.69, 9.17) is 5.73 Å². The second-order valence-corrected chi connectivity index (χ2v) is 3.56. The summed E-state index contributed by atoms with van der Waals surface area (Å²) in [5, 5.41) is 7.32. The molecule has 3 N–H and O–H groups in total.